The maximum absolute atomic E-state index is 12.0. The summed E-state index contributed by atoms with van der Waals surface area (Å²) in [6.07, 6.45) is 2.63. The minimum absolute atomic E-state index is 0.0167. The van der Waals surface area contributed by atoms with E-state index in [0.29, 0.717) is 19.5 Å². The van der Waals surface area contributed by atoms with Crippen LogP contribution in [-0.2, 0) is 16.1 Å². The van der Waals surface area contributed by atoms with E-state index < -0.39 is 0 Å². The molecule has 0 unspecified atom stereocenters. The highest BCUT2D eigenvalue weighted by Gasteiger charge is 2.19. The molecule has 1 aromatic rings. The average Bonchev–Trinajstić information content (AvgIpc) is 2.98. The van der Waals surface area contributed by atoms with Crippen molar-refractivity contribution >= 4 is 11.8 Å². The van der Waals surface area contributed by atoms with E-state index in [4.69, 9.17) is 0 Å². The molecule has 4 heteroatoms. The predicted octanol–water partition coefficient (Wildman–Crippen LogP) is 2.05. The molecule has 1 heterocycles. The van der Waals surface area contributed by atoms with Crippen molar-refractivity contribution < 1.29 is 9.59 Å². The number of likely N-dealkylation sites (tertiary alicyclic amines) is 1. The molecule has 20 heavy (non-hydrogen) atoms. The van der Waals surface area contributed by atoms with Crippen LogP contribution in [0.4, 0.5) is 0 Å². The zero-order valence-corrected chi connectivity index (χ0v) is 12.0. The molecule has 1 aliphatic rings. The van der Waals surface area contributed by atoms with Crippen LogP contribution in [0.2, 0.25) is 0 Å². The lowest BCUT2D eigenvalue weighted by molar-refractivity contribution is -0.133. The van der Waals surface area contributed by atoms with E-state index in [1.165, 1.54) is 0 Å². The highest BCUT2D eigenvalue weighted by Crippen LogP contribution is 2.10. The summed E-state index contributed by atoms with van der Waals surface area (Å²) < 4.78 is 0. The van der Waals surface area contributed by atoms with Gasteiger partial charge in [-0.15, -0.1) is 0 Å². The molecule has 2 amide bonds. The van der Waals surface area contributed by atoms with Crippen LogP contribution in [0.3, 0.4) is 0 Å². The average molecular weight is 274 g/mol. The van der Waals surface area contributed by atoms with Crippen molar-refractivity contribution in [3.05, 3.63) is 35.9 Å². The van der Waals surface area contributed by atoms with Crippen LogP contribution in [0.5, 0.6) is 0 Å². The Morgan fingerprint density at radius 1 is 1.15 bits per heavy atom. The number of carbonyl (C=O) groups is 2. The second kappa shape index (κ2) is 7.08. The van der Waals surface area contributed by atoms with Gasteiger partial charge in [-0.05, 0) is 18.4 Å². The van der Waals surface area contributed by atoms with Gasteiger partial charge in [-0.25, -0.2) is 0 Å². The molecule has 0 aromatic heterocycles. The van der Waals surface area contributed by atoms with Crippen LogP contribution >= 0.6 is 0 Å². The molecule has 1 saturated heterocycles. The maximum Gasteiger partial charge on any atom is 0.224 e. The van der Waals surface area contributed by atoms with Gasteiger partial charge in [-0.3, -0.25) is 9.59 Å². The lowest BCUT2D eigenvalue weighted by Gasteiger charge is -2.22. The van der Waals surface area contributed by atoms with Crippen LogP contribution in [0, 0.1) is 0 Å². The van der Waals surface area contributed by atoms with Gasteiger partial charge in [-0.1, -0.05) is 30.3 Å². The smallest absolute Gasteiger partial charge is 0.224 e. The molecule has 0 N–H and O–H groups in total. The minimum atomic E-state index is 0.0167. The molecule has 0 aliphatic carbocycles. The van der Waals surface area contributed by atoms with Crippen LogP contribution in [0.1, 0.15) is 31.7 Å². The first-order valence-electron chi connectivity index (χ1n) is 7.24. The Morgan fingerprint density at radius 3 is 2.40 bits per heavy atom. The third kappa shape index (κ3) is 4.08. The fourth-order valence-corrected chi connectivity index (χ4v) is 2.51. The molecule has 108 valence electrons. The fourth-order valence-electron chi connectivity index (χ4n) is 2.51. The first-order valence-corrected chi connectivity index (χ1v) is 7.24. The van der Waals surface area contributed by atoms with E-state index in [1.807, 2.05) is 35.2 Å². The topological polar surface area (TPSA) is 40.6 Å². The lowest BCUT2D eigenvalue weighted by Crippen LogP contribution is -2.34. The molecule has 1 aromatic carbocycles. The van der Waals surface area contributed by atoms with Crippen molar-refractivity contribution in [3.8, 4) is 0 Å². The van der Waals surface area contributed by atoms with Gasteiger partial charge in [0, 0.05) is 39.5 Å². The Labute approximate surface area is 120 Å². The van der Waals surface area contributed by atoms with Crippen LogP contribution < -0.4 is 0 Å². The van der Waals surface area contributed by atoms with Gasteiger partial charge >= 0.3 is 0 Å². The summed E-state index contributed by atoms with van der Waals surface area (Å²) in [6.45, 7) is 4.38. The van der Waals surface area contributed by atoms with Crippen molar-refractivity contribution in [1.29, 1.82) is 0 Å². The molecule has 4 nitrogen and oxygen atoms in total. The summed E-state index contributed by atoms with van der Waals surface area (Å²) in [5, 5.41) is 0. The van der Waals surface area contributed by atoms with Crippen molar-refractivity contribution in [3.63, 3.8) is 0 Å². The van der Waals surface area contributed by atoms with Crippen molar-refractivity contribution in [2.24, 2.45) is 0 Å². The van der Waals surface area contributed by atoms with Crippen molar-refractivity contribution in [2.75, 3.05) is 19.6 Å². The number of hydrogen-bond acceptors (Lipinski definition) is 2. The third-order valence-corrected chi connectivity index (χ3v) is 3.72. The minimum Gasteiger partial charge on any atom is -0.343 e. The molecule has 1 aliphatic heterocycles. The van der Waals surface area contributed by atoms with Gasteiger partial charge in [0.1, 0.15) is 0 Å². The van der Waals surface area contributed by atoms with Gasteiger partial charge in [0.05, 0.1) is 0 Å². The number of carbonyl (C=O) groups excluding carboxylic acids is 2. The van der Waals surface area contributed by atoms with Gasteiger partial charge in [0.25, 0.3) is 0 Å². The van der Waals surface area contributed by atoms with Crippen molar-refractivity contribution in [1.82, 2.24) is 9.80 Å². The van der Waals surface area contributed by atoms with E-state index in [1.54, 1.807) is 11.8 Å². The number of nitrogens with zero attached hydrogens (tertiary/aromatic N) is 2. The molecular formula is C16H22N2O2. The van der Waals surface area contributed by atoms with E-state index >= 15 is 0 Å². The summed E-state index contributed by atoms with van der Waals surface area (Å²) >= 11 is 0. The SMILES string of the molecule is CC(=O)N(CCC(=O)N1CCCC1)Cc1ccccc1. The summed E-state index contributed by atoms with van der Waals surface area (Å²) in [5.41, 5.74) is 1.09. The van der Waals surface area contributed by atoms with E-state index in [-0.39, 0.29) is 11.8 Å². The second-order valence-corrected chi connectivity index (χ2v) is 5.26. The van der Waals surface area contributed by atoms with Gasteiger partial charge in [-0.2, -0.15) is 0 Å². The van der Waals surface area contributed by atoms with Crippen LogP contribution in [0.15, 0.2) is 30.3 Å². The molecule has 0 radical (unpaired) electrons. The third-order valence-electron chi connectivity index (χ3n) is 3.72. The number of hydrogen-bond donors (Lipinski definition) is 0. The normalized spacial score (nSPS) is 14.3. The predicted molar refractivity (Wildman–Crippen MR) is 78.0 cm³/mol. The molecule has 0 bridgehead atoms. The van der Waals surface area contributed by atoms with E-state index in [0.717, 1.165) is 31.5 Å². The molecule has 0 atom stereocenters. The number of benzene rings is 1. The second-order valence-electron chi connectivity index (χ2n) is 5.26. The summed E-state index contributed by atoms with van der Waals surface area (Å²) in [5.74, 6) is 0.185. The summed E-state index contributed by atoms with van der Waals surface area (Å²) in [4.78, 5) is 27.3. The Morgan fingerprint density at radius 2 is 1.80 bits per heavy atom. The zero-order chi connectivity index (χ0) is 14.4. The van der Waals surface area contributed by atoms with Gasteiger partial charge in [0.2, 0.25) is 11.8 Å². The molecular weight excluding hydrogens is 252 g/mol. The lowest BCUT2D eigenvalue weighted by atomic mass is 10.2. The van der Waals surface area contributed by atoms with E-state index in [9.17, 15) is 9.59 Å². The summed E-state index contributed by atoms with van der Waals surface area (Å²) in [7, 11) is 0. The molecule has 2 rings (SSSR count). The highest BCUT2D eigenvalue weighted by molar-refractivity contribution is 5.78. The number of rotatable bonds is 5. The van der Waals surface area contributed by atoms with E-state index in [2.05, 4.69) is 0 Å². The number of amides is 2. The van der Waals surface area contributed by atoms with Gasteiger partial charge < -0.3 is 9.80 Å². The Kier molecular flexibility index (Phi) is 5.16. The Bertz CT molecular complexity index is 453. The molecule has 0 spiro atoms. The standard InChI is InChI=1S/C16H22N2O2/c1-14(19)18(13-15-7-3-2-4-8-15)12-9-16(20)17-10-5-6-11-17/h2-4,7-8H,5-6,9-13H2,1H3. The summed E-state index contributed by atoms with van der Waals surface area (Å²) in [6, 6.07) is 9.88. The van der Waals surface area contributed by atoms with Crippen LogP contribution in [0.25, 0.3) is 0 Å². The maximum atomic E-state index is 12.0. The van der Waals surface area contributed by atoms with Crippen LogP contribution in [-0.4, -0.2) is 41.2 Å². The Balaban J connectivity index is 1.86. The first kappa shape index (κ1) is 14.6. The largest absolute Gasteiger partial charge is 0.343 e. The first-order chi connectivity index (χ1) is 9.66. The van der Waals surface area contributed by atoms with Gasteiger partial charge in [0.15, 0.2) is 0 Å². The fraction of sp³-hybridized carbons (Fsp3) is 0.500. The van der Waals surface area contributed by atoms with Crippen molar-refractivity contribution in [2.45, 2.75) is 32.7 Å². The highest BCUT2D eigenvalue weighted by atomic mass is 16.2. The quantitative estimate of drug-likeness (QED) is 0.824. The molecule has 0 saturated carbocycles. The monoisotopic (exact) mass is 274 g/mol. The molecule has 1 fully saturated rings. The zero-order valence-electron chi connectivity index (χ0n) is 12.0. The Hall–Kier alpha value is -1.84.